The van der Waals surface area contributed by atoms with Crippen LogP contribution in [0.2, 0.25) is 0 Å². The number of anilines is 1. The molecule has 15 nitrogen and oxygen atoms in total. The number of phosphoric ester groups is 1. The molecule has 18 heteroatoms. The summed E-state index contributed by atoms with van der Waals surface area (Å²) in [6.07, 6.45) is 2.57. The average Bonchev–Trinajstić information content (AvgIpc) is 2.94. The zero-order valence-electron chi connectivity index (χ0n) is 15.2. The Kier molecular flexibility index (Phi) is 7.61. The van der Waals surface area contributed by atoms with Crippen molar-refractivity contribution >= 4 is 29.3 Å². The summed E-state index contributed by atoms with van der Waals surface area (Å²) in [6.45, 7) is 2.90. The van der Waals surface area contributed by atoms with Gasteiger partial charge in [0.1, 0.15) is 12.0 Å². The van der Waals surface area contributed by atoms with E-state index < -0.39 is 47.6 Å². The van der Waals surface area contributed by atoms with Crippen LogP contribution in [0, 0.1) is 0 Å². The van der Waals surface area contributed by atoms with E-state index in [9.17, 15) is 28.3 Å². The number of hydrogen-bond acceptors (Lipinski definition) is 10. The molecule has 0 spiro atoms. The fourth-order valence-corrected chi connectivity index (χ4v) is 5.81. The van der Waals surface area contributed by atoms with Crippen molar-refractivity contribution in [1.29, 1.82) is 0 Å². The topological polar surface area (TPSA) is 230 Å². The molecule has 6 N–H and O–H groups in total. The van der Waals surface area contributed by atoms with Gasteiger partial charge in [0.2, 0.25) is 0 Å². The highest BCUT2D eigenvalue weighted by molar-refractivity contribution is 7.66. The van der Waals surface area contributed by atoms with Crippen LogP contribution in [0.25, 0.3) is 0 Å². The van der Waals surface area contributed by atoms with Crippen LogP contribution in [-0.2, 0) is 31.6 Å². The van der Waals surface area contributed by atoms with E-state index in [1.807, 2.05) is 0 Å². The normalized spacial score (nSPS) is 26.1. The van der Waals surface area contributed by atoms with Crippen molar-refractivity contribution in [3.8, 4) is 0 Å². The number of phosphoric acid groups is 3. The van der Waals surface area contributed by atoms with Crippen molar-refractivity contribution in [1.82, 2.24) is 9.55 Å². The SMILES string of the molecule is C=CC[C@@]1(COP(=O)(O)OP(=O)(O)OP(=O)(O)O)CC[C@H](n2ccc(N)nc2=O)O1. The number of nitrogens with zero attached hydrogens (tertiary/aromatic N) is 2. The van der Waals surface area contributed by atoms with E-state index in [1.54, 1.807) is 0 Å². The molecule has 170 valence electrons. The van der Waals surface area contributed by atoms with Gasteiger partial charge in [-0.25, -0.2) is 18.5 Å². The van der Waals surface area contributed by atoms with Crippen LogP contribution in [-0.4, -0.2) is 41.3 Å². The molecule has 2 unspecified atom stereocenters. The lowest BCUT2D eigenvalue weighted by atomic mass is 9.97. The summed E-state index contributed by atoms with van der Waals surface area (Å²) in [6, 6.07) is 1.38. The molecule has 1 aromatic rings. The molecule has 0 aromatic carbocycles. The molecule has 0 saturated carbocycles. The van der Waals surface area contributed by atoms with E-state index in [2.05, 4.69) is 24.7 Å². The molecular formula is C12H20N3O12P3. The Labute approximate surface area is 169 Å². The number of rotatable bonds is 10. The molecule has 0 amide bonds. The third-order valence-electron chi connectivity index (χ3n) is 3.82. The summed E-state index contributed by atoms with van der Waals surface area (Å²) in [5, 5.41) is 0. The Morgan fingerprint density at radius 3 is 2.53 bits per heavy atom. The van der Waals surface area contributed by atoms with Crippen LogP contribution < -0.4 is 11.4 Å². The number of hydrogen-bond donors (Lipinski definition) is 5. The monoisotopic (exact) mass is 491 g/mol. The minimum absolute atomic E-state index is 0.0132. The van der Waals surface area contributed by atoms with E-state index in [1.165, 1.54) is 18.3 Å². The van der Waals surface area contributed by atoms with Gasteiger partial charge in [-0.1, -0.05) is 6.08 Å². The number of nitrogens with two attached hydrogens (primary N) is 1. The van der Waals surface area contributed by atoms with E-state index >= 15 is 0 Å². The maximum atomic E-state index is 12.0. The second-order valence-corrected chi connectivity index (χ2v) is 10.6. The van der Waals surface area contributed by atoms with Gasteiger partial charge in [0, 0.05) is 6.20 Å². The average molecular weight is 491 g/mol. The predicted octanol–water partition coefficient (Wildman–Crippen LogP) is 0.793. The van der Waals surface area contributed by atoms with E-state index in [0.717, 1.165) is 4.57 Å². The van der Waals surface area contributed by atoms with Crippen molar-refractivity contribution in [2.24, 2.45) is 0 Å². The first-order valence-corrected chi connectivity index (χ1v) is 12.6. The Balaban J connectivity index is 2.11. The molecule has 0 aliphatic carbocycles. The molecule has 1 aliphatic heterocycles. The molecule has 0 bridgehead atoms. The van der Waals surface area contributed by atoms with Crippen LogP contribution in [0.1, 0.15) is 25.5 Å². The van der Waals surface area contributed by atoms with Crippen LogP contribution >= 0.6 is 23.5 Å². The van der Waals surface area contributed by atoms with Gasteiger partial charge in [-0.05, 0) is 25.3 Å². The van der Waals surface area contributed by atoms with Crippen LogP contribution in [0.3, 0.4) is 0 Å². The van der Waals surface area contributed by atoms with Crippen LogP contribution in [0.5, 0.6) is 0 Å². The lowest BCUT2D eigenvalue weighted by Gasteiger charge is -2.29. The Morgan fingerprint density at radius 1 is 1.30 bits per heavy atom. The van der Waals surface area contributed by atoms with Gasteiger partial charge < -0.3 is 30.0 Å². The van der Waals surface area contributed by atoms with Gasteiger partial charge >= 0.3 is 29.2 Å². The summed E-state index contributed by atoms with van der Waals surface area (Å²) < 4.78 is 53.0. The molecule has 1 fully saturated rings. The van der Waals surface area contributed by atoms with Gasteiger partial charge in [0.05, 0.1) is 12.2 Å². The highest BCUT2D eigenvalue weighted by atomic mass is 31.3. The molecule has 2 heterocycles. The standard InChI is InChI=1S/C12H20N3O12P3/c1-2-5-12(6-3-10(25-12)15-7-4-9(13)14-11(15)16)8-24-29(20,21)27-30(22,23)26-28(17,18)19/h2,4,7,10H,1,3,5-6,8H2,(H,20,21)(H,22,23)(H2,13,14,16)(H2,17,18,19)/t10-,12+/m1/s1. The highest BCUT2D eigenvalue weighted by Gasteiger charge is 2.45. The van der Waals surface area contributed by atoms with Crippen molar-refractivity contribution in [2.75, 3.05) is 12.3 Å². The van der Waals surface area contributed by atoms with Crippen LogP contribution in [0.4, 0.5) is 5.82 Å². The maximum Gasteiger partial charge on any atom is 0.490 e. The second-order valence-electron chi connectivity index (χ2n) is 6.19. The highest BCUT2D eigenvalue weighted by Crippen LogP contribution is 2.66. The predicted molar refractivity (Wildman–Crippen MR) is 99.6 cm³/mol. The summed E-state index contributed by atoms with van der Waals surface area (Å²) >= 11 is 0. The molecule has 0 radical (unpaired) electrons. The third-order valence-corrected chi connectivity index (χ3v) is 7.60. The van der Waals surface area contributed by atoms with Crippen molar-refractivity contribution in [3.63, 3.8) is 0 Å². The lowest BCUT2D eigenvalue weighted by molar-refractivity contribution is -0.0955. The fourth-order valence-electron chi connectivity index (χ4n) is 2.71. The fraction of sp³-hybridized carbons (Fsp3) is 0.500. The van der Waals surface area contributed by atoms with Crippen molar-refractivity contribution in [3.05, 3.63) is 35.4 Å². The molecule has 1 aliphatic rings. The smallest absolute Gasteiger partial charge is 0.383 e. The van der Waals surface area contributed by atoms with E-state index in [4.69, 9.17) is 20.3 Å². The molecule has 1 saturated heterocycles. The second kappa shape index (κ2) is 9.11. The Bertz CT molecular complexity index is 992. The summed E-state index contributed by atoms with van der Waals surface area (Å²) in [7, 11) is -16.5. The first kappa shape index (κ1) is 25.1. The number of nitrogen functional groups attached to an aromatic ring is 1. The van der Waals surface area contributed by atoms with Gasteiger partial charge in [-0.2, -0.15) is 13.6 Å². The van der Waals surface area contributed by atoms with E-state index in [0.29, 0.717) is 0 Å². The third kappa shape index (κ3) is 7.19. The first-order chi connectivity index (χ1) is 13.7. The number of aromatic nitrogens is 2. The van der Waals surface area contributed by atoms with Gasteiger partial charge in [0.15, 0.2) is 0 Å². The summed E-state index contributed by atoms with van der Waals surface area (Å²) in [5.41, 5.74) is 3.49. The first-order valence-electron chi connectivity index (χ1n) is 8.08. The van der Waals surface area contributed by atoms with Gasteiger partial charge in [-0.3, -0.25) is 9.09 Å². The maximum absolute atomic E-state index is 12.0. The lowest BCUT2D eigenvalue weighted by Crippen LogP contribution is -2.35. The molecular weight excluding hydrogens is 471 g/mol. The number of ether oxygens (including phenoxy) is 1. The van der Waals surface area contributed by atoms with Crippen molar-refractivity contribution in [2.45, 2.75) is 31.1 Å². The van der Waals surface area contributed by atoms with Gasteiger partial charge in [0.25, 0.3) is 0 Å². The zero-order chi connectivity index (χ0) is 22.8. The Hall–Kier alpha value is -1.21. The Morgan fingerprint density at radius 2 is 1.97 bits per heavy atom. The van der Waals surface area contributed by atoms with Crippen LogP contribution in [0.15, 0.2) is 29.7 Å². The largest absolute Gasteiger partial charge is 0.490 e. The minimum atomic E-state index is -5.63. The summed E-state index contributed by atoms with van der Waals surface area (Å²) in [5.74, 6) is 0.0132. The molecule has 1 aromatic heterocycles. The van der Waals surface area contributed by atoms with Crippen molar-refractivity contribution < 1.29 is 51.2 Å². The van der Waals surface area contributed by atoms with E-state index in [-0.39, 0.29) is 25.1 Å². The zero-order valence-corrected chi connectivity index (χ0v) is 17.9. The van der Waals surface area contributed by atoms with Gasteiger partial charge in [-0.15, -0.1) is 6.58 Å². The minimum Gasteiger partial charge on any atom is -0.383 e. The molecule has 30 heavy (non-hydrogen) atoms. The molecule has 4 atom stereocenters. The quantitative estimate of drug-likeness (QED) is 0.225. The summed E-state index contributed by atoms with van der Waals surface area (Å²) in [4.78, 5) is 51.5. The molecule has 2 rings (SSSR count).